The second kappa shape index (κ2) is 9.98. The van der Waals surface area contributed by atoms with Crippen molar-refractivity contribution in [2.75, 3.05) is 6.61 Å². The van der Waals surface area contributed by atoms with Crippen LogP contribution >= 0.6 is 11.8 Å². The molecule has 194 valence electrons. The van der Waals surface area contributed by atoms with Gasteiger partial charge in [-0.15, -0.1) is 0 Å². The molecule has 4 aromatic carbocycles. The molecule has 0 spiro atoms. The van der Waals surface area contributed by atoms with E-state index in [9.17, 15) is 4.79 Å². The maximum atomic E-state index is 13.1. The van der Waals surface area contributed by atoms with Crippen LogP contribution in [0.4, 0.5) is 0 Å². The zero-order valence-electron chi connectivity index (χ0n) is 21.3. The van der Waals surface area contributed by atoms with Crippen molar-refractivity contribution in [2.24, 2.45) is 10.1 Å². The van der Waals surface area contributed by atoms with Gasteiger partial charge >= 0.3 is 0 Å². The van der Waals surface area contributed by atoms with Crippen molar-refractivity contribution in [3.8, 4) is 5.75 Å². The number of amidine groups is 2. The molecule has 1 aromatic heterocycles. The molecule has 0 atom stereocenters. The van der Waals surface area contributed by atoms with Gasteiger partial charge in [0.15, 0.2) is 5.84 Å². The first-order chi connectivity index (χ1) is 19.6. The molecule has 40 heavy (non-hydrogen) atoms. The summed E-state index contributed by atoms with van der Waals surface area (Å²) >= 11 is 1.25. The van der Waals surface area contributed by atoms with Gasteiger partial charge in [-0.1, -0.05) is 78.9 Å². The molecule has 0 aliphatic carbocycles. The molecule has 3 heterocycles. The van der Waals surface area contributed by atoms with Crippen LogP contribution in [0.3, 0.4) is 0 Å². The Morgan fingerprint density at radius 1 is 0.875 bits per heavy atom. The summed E-state index contributed by atoms with van der Waals surface area (Å²) < 4.78 is 7.99. The number of aromatic nitrogens is 1. The van der Waals surface area contributed by atoms with E-state index in [2.05, 4.69) is 57.1 Å². The van der Waals surface area contributed by atoms with Gasteiger partial charge in [-0.3, -0.25) is 10.2 Å². The fourth-order valence-corrected chi connectivity index (χ4v) is 5.84. The number of thioether (sulfide) groups is 1. The molecule has 0 fully saturated rings. The highest BCUT2D eigenvalue weighted by atomic mass is 32.2. The zero-order valence-corrected chi connectivity index (χ0v) is 22.1. The Kier molecular flexibility index (Phi) is 6.02. The topological polar surface area (TPSA) is 83.0 Å². The quantitative estimate of drug-likeness (QED) is 0.248. The number of hydrogen-bond donors (Lipinski definition) is 1. The summed E-state index contributed by atoms with van der Waals surface area (Å²) in [6.45, 7) is 0.906. The smallest absolute Gasteiger partial charge is 0.283 e. The van der Waals surface area contributed by atoms with E-state index in [1.54, 1.807) is 6.08 Å². The third kappa shape index (κ3) is 4.38. The number of ether oxygens (including phenoxy) is 1. The van der Waals surface area contributed by atoms with Gasteiger partial charge in [0.2, 0.25) is 5.17 Å². The maximum absolute atomic E-state index is 13.1. The van der Waals surface area contributed by atoms with E-state index in [1.807, 2.05) is 60.8 Å². The van der Waals surface area contributed by atoms with Crippen LogP contribution in [-0.4, -0.2) is 38.1 Å². The molecule has 0 saturated heterocycles. The Morgan fingerprint density at radius 3 is 2.50 bits per heavy atom. The highest BCUT2D eigenvalue weighted by Gasteiger charge is 2.36. The lowest BCUT2D eigenvalue weighted by molar-refractivity contribution is -0.114. The largest absolute Gasteiger partial charge is 0.487 e. The Morgan fingerprint density at radius 2 is 1.62 bits per heavy atom. The second-order valence-corrected chi connectivity index (χ2v) is 10.5. The van der Waals surface area contributed by atoms with Crippen LogP contribution in [0.1, 0.15) is 11.1 Å². The average Bonchev–Trinajstić information content (AvgIpc) is 3.56. The summed E-state index contributed by atoms with van der Waals surface area (Å²) in [5, 5.41) is 19.2. The van der Waals surface area contributed by atoms with E-state index in [-0.39, 0.29) is 18.0 Å². The molecule has 2 aliphatic heterocycles. The van der Waals surface area contributed by atoms with Crippen LogP contribution in [0.5, 0.6) is 5.75 Å². The minimum absolute atomic E-state index is 0.00287. The lowest BCUT2D eigenvalue weighted by Crippen LogP contribution is -2.35. The standard InChI is InChI=1S/C32H23N5O2S/c33-30-27(31(38)34-32-37(30)35-29(40-32)20-39-24-12-2-1-3-13-24)17-23-19-36(28-16-7-6-15-26(23)28)18-22-11-8-10-21-9-4-5-14-25(21)22/h1-17,19,33H,18,20H2/b27-17-,33-30?. The van der Waals surface area contributed by atoms with E-state index < -0.39 is 5.91 Å². The van der Waals surface area contributed by atoms with Crippen LogP contribution < -0.4 is 4.74 Å². The van der Waals surface area contributed by atoms with Crippen molar-refractivity contribution in [3.05, 3.63) is 120 Å². The molecule has 0 bridgehead atoms. The lowest BCUT2D eigenvalue weighted by Gasteiger charge is -2.20. The molecule has 1 N–H and O–H groups in total. The molecule has 5 aromatic rings. The van der Waals surface area contributed by atoms with Crippen molar-refractivity contribution in [3.63, 3.8) is 0 Å². The minimum atomic E-state index is -0.449. The number of para-hydroxylation sites is 2. The van der Waals surface area contributed by atoms with Gasteiger partial charge < -0.3 is 9.30 Å². The van der Waals surface area contributed by atoms with E-state index in [4.69, 9.17) is 10.1 Å². The van der Waals surface area contributed by atoms with Gasteiger partial charge in [-0.2, -0.15) is 15.1 Å². The SMILES string of the molecule is N=C1/C(=C/c2cn(Cc3cccc4ccccc34)c3ccccc23)C(=O)N=C2SC(COc3ccccc3)=NN12. The van der Waals surface area contributed by atoms with E-state index >= 15 is 0 Å². The molecule has 7 nitrogen and oxygen atoms in total. The maximum Gasteiger partial charge on any atom is 0.283 e. The number of nitrogens with zero attached hydrogens (tertiary/aromatic N) is 4. The molecular formula is C32H23N5O2S. The van der Waals surface area contributed by atoms with Gasteiger partial charge in [0, 0.05) is 29.2 Å². The Balaban J connectivity index is 1.20. The number of aliphatic imine (C=N–C) groups is 1. The first kappa shape index (κ1) is 24.1. The number of amides is 1. The normalized spacial score (nSPS) is 16.0. The number of nitrogens with one attached hydrogen (secondary N) is 1. The highest BCUT2D eigenvalue weighted by molar-refractivity contribution is 8.27. The lowest BCUT2D eigenvalue weighted by atomic mass is 10.0. The number of rotatable bonds is 6. The Labute approximate surface area is 234 Å². The van der Waals surface area contributed by atoms with Crippen LogP contribution in [0.2, 0.25) is 0 Å². The third-order valence-electron chi connectivity index (χ3n) is 6.94. The Bertz CT molecular complexity index is 1900. The van der Waals surface area contributed by atoms with Crippen molar-refractivity contribution in [1.82, 2.24) is 9.58 Å². The molecule has 7 rings (SSSR count). The van der Waals surface area contributed by atoms with Gasteiger partial charge in [-0.25, -0.2) is 0 Å². The predicted octanol–water partition coefficient (Wildman–Crippen LogP) is 6.54. The van der Waals surface area contributed by atoms with E-state index in [0.717, 1.165) is 22.2 Å². The van der Waals surface area contributed by atoms with E-state index in [0.29, 0.717) is 16.8 Å². The van der Waals surface area contributed by atoms with Crippen LogP contribution in [0, 0.1) is 5.41 Å². The van der Waals surface area contributed by atoms with E-state index in [1.165, 1.54) is 33.1 Å². The number of hydrogen-bond acceptors (Lipinski definition) is 5. The number of benzene rings is 4. The van der Waals surface area contributed by atoms with Crippen LogP contribution in [0.25, 0.3) is 27.8 Å². The number of hydrazone groups is 1. The monoisotopic (exact) mass is 541 g/mol. The summed E-state index contributed by atoms with van der Waals surface area (Å²) in [5.41, 5.74) is 3.32. The molecule has 2 aliphatic rings. The Hall–Kier alpha value is -4.95. The molecule has 0 saturated carbocycles. The number of carbonyl (C=O) groups is 1. The molecule has 0 radical (unpaired) electrons. The van der Waals surface area contributed by atoms with Crippen molar-refractivity contribution >= 4 is 61.5 Å². The molecule has 1 amide bonds. The first-order valence-electron chi connectivity index (χ1n) is 12.9. The van der Waals surface area contributed by atoms with Crippen molar-refractivity contribution in [1.29, 1.82) is 5.41 Å². The predicted molar refractivity (Wildman–Crippen MR) is 162 cm³/mol. The van der Waals surface area contributed by atoms with Gasteiger partial charge in [0.1, 0.15) is 17.4 Å². The van der Waals surface area contributed by atoms with Crippen LogP contribution in [-0.2, 0) is 11.3 Å². The minimum Gasteiger partial charge on any atom is -0.487 e. The first-order valence-corrected chi connectivity index (χ1v) is 13.7. The summed E-state index contributed by atoms with van der Waals surface area (Å²) in [6.07, 6.45) is 3.80. The summed E-state index contributed by atoms with van der Waals surface area (Å²) in [5.74, 6) is 0.280. The molecule has 0 unspecified atom stereocenters. The number of carbonyl (C=O) groups excluding carboxylic acids is 1. The van der Waals surface area contributed by atoms with Gasteiger partial charge in [0.25, 0.3) is 5.91 Å². The fourth-order valence-electron chi connectivity index (χ4n) is 5.04. The highest BCUT2D eigenvalue weighted by Crippen LogP contribution is 2.31. The zero-order chi connectivity index (χ0) is 27.1. The van der Waals surface area contributed by atoms with Crippen LogP contribution in [0.15, 0.2) is 119 Å². The van der Waals surface area contributed by atoms with Crippen molar-refractivity contribution < 1.29 is 9.53 Å². The number of fused-ring (bicyclic) bond motifs is 3. The second-order valence-electron chi connectivity index (χ2n) is 9.48. The molecule has 8 heteroatoms. The summed E-state index contributed by atoms with van der Waals surface area (Å²) in [6, 6.07) is 32.3. The fraction of sp³-hybridized carbons (Fsp3) is 0.0625. The summed E-state index contributed by atoms with van der Waals surface area (Å²) in [4.78, 5) is 17.3. The van der Waals surface area contributed by atoms with Gasteiger partial charge in [0.05, 0.1) is 5.57 Å². The van der Waals surface area contributed by atoms with Crippen molar-refractivity contribution in [2.45, 2.75) is 6.54 Å². The van der Waals surface area contributed by atoms with Gasteiger partial charge in [-0.05, 0) is 52.4 Å². The third-order valence-corrected chi connectivity index (χ3v) is 7.82. The molecular weight excluding hydrogens is 518 g/mol. The summed E-state index contributed by atoms with van der Waals surface area (Å²) in [7, 11) is 0. The average molecular weight is 542 g/mol.